The van der Waals surface area contributed by atoms with Gasteiger partial charge in [0.1, 0.15) is 0 Å². The van der Waals surface area contributed by atoms with Crippen LogP contribution in [0.5, 0.6) is 0 Å². The number of benzene rings is 1. The highest BCUT2D eigenvalue weighted by Crippen LogP contribution is 2.32. The van der Waals surface area contributed by atoms with Gasteiger partial charge in [-0.25, -0.2) is 13.1 Å². The largest absolute Gasteiger partial charge is 0.329 e. The van der Waals surface area contributed by atoms with E-state index in [4.69, 9.17) is 17.3 Å². The number of hydrogen-bond acceptors (Lipinski definition) is 3. The van der Waals surface area contributed by atoms with Gasteiger partial charge in [-0.05, 0) is 42.5 Å². The van der Waals surface area contributed by atoms with Gasteiger partial charge in [-0.15, -0.1) is 0 Å². The van der Waals surface area contributed by atoms with Gasteiger partial charge in [0.25, 0.3) is 0 Å². The summed E-state index contributed by atoms with van der Waals surface area (Å²) in [5, 5.41) is 1.79. The van der Waals surface area contributed by atoms with Crippen molar-refractivity contribution in [1.29, 1.82) is 0 Å². The first kappa shape index (κ1) is 14.5. The molecule has 19 heavy (non-hydrogen) atoms. The zero-order chi connectivity index (χ0) is 13.9. The molecule has 1 atom stereocenters. The second kappa shape index (κ2) is 6.05. The van der Waals surface area contributed by atoms with E-state index in [1.165, 1.54) is 5.41 Å². The highest BCUT2D eigenvalue weighted by atomic mass is 35.5. The zero-order valence-corrected chi connectivity index (χ0v) is 12.0. The van der Waals surface area contributed by atoms with Crippen LogP contribution in [0.3, 0.4) is 0 Å². The van der Waals surface area contributed by atoms with Crippen LogP contribution in [0.2, 0.25) is 5.02 Å². The smallest absolute Gasteiger partial charge is 0.234 e. The van der Waals surface area contributed by atoms with Gasteiger partial charge < -0.3 is 5.73 Å². The Kier molecular flexibility index (Phi) is 4.62. The van der Waals surface area contributed by atoms with E-state index in [1.807, 2.05) is 0 Å². The summed E-state index contributed by atoms with van der Waals surface area (Å²) in [6, 6.07) is 6.80. The van der Waals surface area contributed by atoms with E-state index in [0.29, 0.717) is 17.5 Å². The minimum absolute atomic E-state index is 0.153. The summed E-state index contributed by atoms with van der Waals surface area (Å²) in [6.07, 6.45) is 3.63. The molecule has 0 amide bonds. The molecule has 0 heterocycles. The van der Waals surface area contributed by atoms with E-state index >= 15 is 0 Å². The van der Waals surface area contributed by atoms with Gasteiger partial charge in [0.2, 0.25) is 10.0 Å². The molecular formula is C13H17ClN2O2S. The van der Waals surface area contributed by atoms with Gasteiger partial charge in [0, 0.05) is 23.0 Å². The summed E-state index contributed by atoms with van der Waals surface area (Å²) >= 11 is 5.76. The molecule has 0 saturated heterocycles. The second-order valence-electron chi connectivity index (χ2n) is 4.70. The van der Waals surface area contributed by atoms with Gasteiger partial charge >= 0.3 is 0 Å². The maximum absolute atomic E-state index is 11.9. The van der Waals surface area contributed by atoms with Gasteiger partial charge in [-0.1, -0.05) is 23.7 Å². The zero-order valence-electron chi connectivity index (χ0n) is 10.4. The number of halogens is 1. The highest BCUT2D eigenvalue weighted by Gasteiger charge is 2.32. The predicted octanol–water partition coefficient (Wildman–Crippen LogP) is 1.97. The molecular weight excluding hydrogens is 284 g/mol. The van der Waals surface area contributed by atoms with Crippen LogP contribution in [0, 0.1) is 5.92 Å². The van der Waals surface area contributed by atoms with Gasteiger partial charge in [-0.3, -0.25) is 0 Å². The molecule has 1 saturated carbocycles. The summed E-state index contributed by atoms with van der Waals surface area (Å²) in [5.74, 6) is 0.392. The lowest BCUT2D eigenvalue weighted by molar-refractivity contribution is 0.525. The summed E-state index contributed by atoms with van der Waals surface area (Å²) in [4.78, 5) is 0. The molecule has 0 radical (unpaired) electrons. The SMILES string of the molecule is NCC(NS(=O)(=O)C=Cc1ccc(Cl)cc1)C1CC1. The Bertz CT molecular complexity index is 551. The van der Waals surface area contributed by atoms with Crippen LogP contribution in [0.1, 0.15) is 18.4 Å². The van der Waals surface area contributed by atoms with Crippen molar-refractivity contribution < 1.29 is 8.42 Å². The molecule has 104 valence electrons. The molecule has 0 spiro atoms. The van der Waals surface area contributed by atoms with E-state index in [0.717, 1.165) is 18.4 Å². The van der Waals surface area contributed by atoms with Crippen molar-refractivity contribution in [1.82, 2.24) is 4.72 Å². The van der Waals surface area contributed by atoms with Crippen molar-refractivity contribution in [3.05, 3.63) is 40.3 Å². The molecule has 4 nitrogen and oxygen atoms in total. The first-order valence-electron chi connectivity index (χ1n) is 6.16. The van der Waals surface area contributed by atoms with Crippen LogP contribution >= 0.6 is 11.6 Å². The third-order valence-corrected chi connectivity index (χ3v) is 4.45. The van der Waals surface area contributed by atoms with Crippen LogP contribution in [-0.2, 0) is 10.0 Å². The third kappa shape index (κ3) is 4.62. The molecule has 2 rings (SSSR count). The first-order valence-corrected chi connectivity index (χ1v) is 8.08. The monoisotopic (exact) mass is 300 g/mol. The fourth-order valence-electron chi connectivity index (χ4n) is 1.83. The van der Waals surface area contributed by atoms with E-state index in [9.17, 15) is 8.42 Å². The number of rotatable bonds is 6. The van der Waals surface area contributed by atoms with Crippen LogP contribution in [-0.4, -0.2) is 21.0 Å². The lowest BCUT2D eigenvalue weighted by Crippen LogP contribution is -2.40. The second-order valence-corrected chi connectivity index (χ2v) is 6.73. The summed E-state index contributed by atoms with van der Waals surface area (Å²) in [5.41, 5.74) is 6.36. The molecule has 1 aliphatic rings. The van der Waals surface area contributed by atoms with Crippen molar-refractivity contribution in [3.63, 3.8) is 0 Å². The average Bonchev–Trinajstić information content (AvgIpc) is 3.20. The van der Waals surface area contributed by atoms with Crippen LogP contribution in [0.15, 0.2) is 29.7 Å². The third-order valence-electron chi connectivity index (χ3n) is 3.07. The average molecular weight is 301 g/mol. The van der Waals surface area contributed by atoms with Crippen LogP contribution < -0.4 is 10.5 Å². The van der Waals surface area contributed by atoms with Crippen molar-refractivity contribution in [2.24, 2.45) is 11.7 Å². The quantitative estimate of drug-likeness (QED) is 0.843. The Morgan fingerprint density at radius 2 is 2.00 bits per heavy atom. The van der Waals surface area contributed by atoms with Crippen molar-refractivity contribution in [2.75, 3.05) is 6.54 Å². The minimum atomic E-state index is -3.45. The molecule has 1 aromatic rings. The van der Waals surface area contributed by atoms with Gasteiger partial charge in [0.05, 0.1) is 0 Å². The molecule has 3 N–H and O–H groups in total. The Labute approximate surface area is 118 Å². The number of nitrogens with two attached hydrogens (primary N) is 1. The maximum atomic E-state index is 11.9. The number of nitrogens with one attached hydrogen (secondary N) is 1. The molecule has 1 fully saturated rings. The molecule has 0 aliphatic heterocycles. The molecule has 0 aromatic heterocycles. The highest BCUT2D eigenvalue weighted by molar-refractivity contribution is 7.92. The van der Waals surface area contributed by atoms with Crippen molar-refractivity contribution in [3.8, 4) is 0 Å². The number of sulfonamides is 1. The minimum Gasteiger partial charge on any atom is -0.329 e. The molecule has 1 aliphatic carbocycles. The van der Waals surface area contributed by atoms with E-state index in [-0.39, 0.29) is 6.04 Å². The standard InChI is InChI=1S/C13H17ClN2O2S/c14-12-5-1-10(2-6-12)7-8-19(17,18)16-13(9-15)11-3-4-11/h1-2,5-8,11,13,16H,3-4,9,15H2. The lowest BCUT2D eigenvalue weighted by atomic mass is 10.2. The topological polar surface area (TPSA) is 72.2 Å². The van der Waals surface area contributed by atoms with Crippen molar-refractivity contribution in [2.45, 2.75) is 18.9 Å². The Hall–Kier alpha value is -0.880. The predicted molar refractivity (Wildman–Crippen MR) is 78.1 cm³/mol. The first-order chi connectivity index (χ1) is 9.00. The fourth-order valence-corrected chi connectivity index (χ4v) is 3.08. The normalized spacial score (nSPS) is 17.8. The molecule has 6 heteroatoms. The van der Waals surface area contributed by atoms with Crippen molar-refractivity contribution >= 4 is 27.7 Å². The number of hydrogen-bond donors (Lipinski definition) is 2. The molecule has 0 bridgehead atoms. The molecule has 1 unspecified atom stereocenters. The summed E-state index contributed by atoms with van der Waals surface area (Å²) in [7, 11) is -3.45. The molecule has 1 aromatic carbocycles. The summed E-state index contributed by atoms with van der Waals surface area (Å²) in [6.45, 7) is 0.332. The van der Waals surface area contributed by atoms with Gasteiger partial charge in [0.15, 0.2) is 0 Å². The maximum Gasteiger partial charge on any atom is 0.234 e. The summed E-state index contributed by atoms with van der Waals surface area (Å²) < 4.78 is 26.4. The van der Waals surface area contributed by atoms with E-state index in [1.54, 1.807) is 30.3 Å². The Morgan fingerprint density at radius 3 is 2.53 bits per heavy atom. The lowest BCUT2D eigenvalue weighted by Gasteiger charge is -2.14. The van der Waals surface area contributed by atoms with Crippen LogP contribution in [0.4, 0.5) is 0 Å². The van der Waals surface area contributed by atoms with E-state index in [2.05, 4.69) is 4.72 Å². The Morgan fingerprint density at radius 1 is 1.37 bits per heavy atom. The fraction of sp³-hybridized carbons (Fsp3) is 0.385. The van der Waals surface area contributed by atoms with Gasteiger partial charge in [-0.2, -0.15) is 0 Å². The van der Waals surface area contributed by atoms with Crippen LogP contribution in [0.25, 0.3) is 6.08 Å². The Balaban J connectivity index is 2.01. The van der Waals surface area contributed by atoms with E-state index < -0.39 is 10.0 Å².